The lowest BCUT2D eigenvalue weighted by Crippen LogP contribution is -2.37. The van der Waals surface area contributed by atoms with Crippen molar-refractivity contribution in [2.24, 2.45) is 5.92 Å². The van der Waals surface area contributed by atoms with Crippen LogP contribution in [0.5, 0.6) is 0 Å². The molecule has 1 aromatic carbocycles. The quantitative estimate of drug-likeness (QED) is 0.820. The number of piperidine rings is 1. The first-order chi connectivity index (χ1) is 8.89. The number of rotatable bonds is 2. The number of nitrogen functional groups attached to an aromatic ring is 1. The summed E-state index contributed by atoms with van der Waals surface area (Å²) in [6.45, 7) is 0.617. The number of sulfonamides is 1. The van der Waals surface area contributed by atoms with E-state index < -0.39 is 10.0 Å². The van der Waals surface area contributed by atoms with E-state index in [9.17, 15) is 8.42 Å². The highest BCUT2D eigenvalue weighted by atomic mass is 79.9. The van der Waals surface area contributed by atoms with Crippen molar-refractivity contribution in [2.75, 3.05) is 12.3 Å². The minimum Gasteiger partial charge on any atom is -0.398 e. The van der Waals surface area contributed by atoms with Crippen LogP contribution < -0.4 is 5.73 Å². The van der Waals surface area contributed by atoms with Gasteiger partial charge in [-0.15, -0.1) is 0 Å². The number of fused-ring (bicyclic) bond motifs is 2. The third-order valence-corrected chi connectivity index (χ3v) is 7.29. The van der Waals surface area contributed by atoms with Crippen molar-refractivity contribution in [3.8, 4) is 0 Å². The van der Waals surface area contributed by atoms with Gasteiger partial charge in [0.05, 0.1) is 9.37 Å². The Bertz CT molecular complexity index is 635. The molecule has 2 atom stereocenters. The maximum atomic E-state index is 12.7. The number of anilines is 1. The lowest BCUT2D eigenvalue weighted by atomic mass is 10.1. The van der Waals surface area contributed by atoms with E-state index >= 15 is 0 Å². The molecule has 104 valence electrons. The fraction of sp³-hybridized carbons (Fsp3) is 0.500. The van der Waals surface area contributed by atoms with Crippen molar-refractivity contribution in [2.45, 2.75) is 30.2 Å². The largest absolute Gasteiger partial charge is 0.398 e. The fourth-order valence-electron chi connectivity index (χ4n) is 3.07. The van der Waals surface area contributed by atoms with Crippen LogP contribution >= 0.6 is 27.5 Å². The highest BCUT2D eigenvalue weighted by Gasteiger charge is 2.44. The summed E-state index contributed by atoms with van der Waals surface area (Å²) in [5, 5.41) is 0.337. The molecule has 2 aliphatic rings. The van der Waals surface area contributed by atoms with Crippen LogP contribution in [0.3, 0.4) is 0 Å². The van der Waals surface area contributed by atoms with Gasteiger partial charge in [-0.1, -0.05) is 11.6 Å². The van der Waals surface area contributed by atoms with Crippen LogP contribution in [0.4, 0.5) is 5.69 Å². The predicted molar refractivity (Wildman–Crippen MR) is 78.6 cm³/mol. The molecule has 1 saturated heterocycles. The molecule has 0 radical (unpaired) electrons. The number of halogens is 2. The lowest BCUT2D eigenvalue weighted by Gasteiger charge is -2.26. The Balaban J connectivity index is 2.06. The normalized spacial score (nSPS) is 27.1. The predicted octanol–water partition coefficient (Wildman–Crippen LogP) is 2.86. The Hall–Kier alpha value is -0.300. The third kappa shape index (κ3) is 2.18. The lowest BCUT2D eigenvalue weighted by molar-refractivity contribution is 0.333. The zero-order valence-corrected chi connectivity index (χ0v) is 13.3. The van der Waals surface area contributed by atoms with Crippen molar-refractivity contribution in [3.63, 3.8) is 0 Å². The molecule has 2 unspecified atom stereocenters. The molecule has 3 rings (SSSR count). The second kappa shape index (κ2) is 4.62. The van der Waals surface area contributed by atoms with Crippen molar-refractivity contribution >= 4 is 43.2 Å². The summed E-state index contributed by atoms with van der Waals surface area (Å²) in [4.78, 5) is 0.171. The molecule has 2 fully saturated rings. The van der Waals surface area contributed by atoms with Gasteiger partial charge in [-0.3, -0.25) is 0 Å². The number of benzene rings is 1. The minimum absolute atomic E-state index is 0.141. The summed E-state index contributed by atoms with van der Waals surface area (Å²) in [7, 11) is -3.52. The maximum Gasteiger partial charge on any atom is 0.244 e. The molecule has 0 amide bonds. The first-order valence-corrected chi connectivity index (χ1v) is 8.77. The van der Waals surface area contributed by atoms with Crippen molar-refractivity contribution < 1.29 is 8.42 Å². The number of nitrogens with zero attached hydrogens (tertiary/aromatic N) is 1. The SMILES string of the molecule is Nc1cc(Cl)cc(S(=O)(=O)N2CC3CCC2C3)c1Br. The van der Waals surface area contributed by atoms with E-state index in [1.807, 2.05) is 0 Å². The van der Waals surface area contributed by atoms with Gasteiger partial charge in [-0.2, -0.15) is 4.31 Å². The van der Waals surface area contributed by atoms with Gasteiger partial charge in [-0.25, -0.2) is 8.42 Å². The van der Waals surface area contributed by atoms with Gasteiger partial charge in [-0.05, 0) is 53.2 Å². The van der Waals surface area contributed by atoms with Crippen LogP contribution in [-0.2, 0) is 10.0 Å². The number of nitrogens with two attached hydrogens (primary N) is 1. The molecule has 2 bridgehead atoms. The zero-order valence-electron chi connectivity index (χ0n) is 10.1. The van der Waals surface area contributed by atoms with E-state index in [0.29, 0.717) is 27.6 Å². The van der Waals surface area contributed by atoms with Crippen LogP contribution in [-0.4, -0.2) is 25.3 Å². The zero-order chi connectivity index (χ0) is 13.8. The van der Waals surface area contributed by atoms with Crippen molar-refractivity contribution in [3.05, 3.63) is 21.6 Å². The monoisotopic (exact) mass is 364 g/mol. The molecule has 0 spiro atoms. The Labute approximate surface area is 126 Å². The van der Waals surface area contributed by atoms with E-state index in [1.54, 1.807) is 10.4 Å². The van der Waals surface area contributed by atoms with E-state index in [-0.39, 0.29) is 10.9 Å². The first-order valence-electron chi connectivity index (χ1n) is 6.16. The Morgan fingerprint density at radius 1 is 1.37 bits per heavy atom. The van der Waals surface area contributed by atoms with Crippen LogP contribution in [0.25, 0.3) is 0 Å². The molecule has 7 heteroatoms. The van der Waals surface area contributed by atoms with Crippen LogP contribution in [0.2, 0.25) is 5.02 Å². The molecule has 19 heavy (non-hydrogen) atoms. The average molecular weight is 366 g/mol. The van der Waals surface area contributed by atoms with Gasteiger partial charge >= 0.3 is 0 Å². The second-order valence-electron chi connectivity index (χ2n) is 5.21. The highest BCUT2D eigenvalue weighted by Crippen LogP contribution is 2.42. The van der Waals surface area contributed by atoms with E-state index in [1.165, 1.54) is 6.07 Å². The van der Waals surface area contributed by atoms with Gasteiger partial charge in [0.25, 0.3) is 0 Å². The van der Waals surface area contributed by atoms with Crippen molar-refractivity contribution in [1.29, 1.82) is 0 Å². The number of hydrogen-bond donors (Lipinski definition) is 1. The average Bonchev–Trinajstić information content (AvgIpc) is 2.95. The van der Waals surface area contributed by atoms with Gasteiger partial charge in [0, 0.05) is 23.3 Å². The molecular formula is C12H14BrClN2O2S. The van der Waals surface area contributed by atoms with E-state index in [0.717, 1.165) is 19.3 Å². The summed E-state index contributed by atoms with van der Waals surface area (Å²) in [5.41, 5.74) is 6.12. The van der Waals surface area contributed by atoms with Gasteiger partial charge in [0.2, 0.25) is 10.0 Å². The standard InChI is InChI=1S/C12H14BrClN2O2S/c13-12-10(15)4-8(14)5-11(12)19(17,18)16-6-7-1-2-9(16)3-7/h4-5,7,9H,1-3,6,15H2. The van der Waals surface area contributed by atoms with Gasteiger partial charge in [0.15, 0.2) is 0 Å². The molecule has 0 aromatic heterocycles. The topological polar surface area (TPSA) is 63.4 Å². The Morgan fingerprint density at radius 3 is 2.68 bits per heavy atom. The second-order valence-corrected chi connectivity index (χ2v) is 8.30. The number of hydrogen-bond acceptors (Lipinski definition) is 3. The van der Waals surface area contributed by atoms with Gasteiger partial charge < -0.3 is 5.73 Å². The Morgan fingerprint density at radius 2 is 2.11 bits per heavy atom. The minimum atomic E-state index is -3.52. The molecular weight excluding hydrogens is 352 g/mol. The first kappa shape index (κ1) is 13.7. The summed E-state index contributed by atoms with van der Waals surface area (Å²) in [6.07, 6.45) is 3.07. The van der Waals surface area contributed by atoms with Crippen LogP contribution in [0.15, 0.2) is 21.5 Å². The molecule has 1 aliphatic carbocycles. The summed E-state index contributed by atoms with van der Waals surface area (Å²) < 4.78 is 27.5. The van der Waals surface area contributed by atoms with Crippen LogP contribution in [0, 0.1) is 5.92 Å². The highest BCUT2D eigenvalue weighted by molar-refractivity contribution is 9.10. The summed E-state index contributed by atoms with van der Waals surface area (Å²) in [5.74, 6) is 0.509. The molecule has 1 aromatic rings. The van der Waals surface area contributed by atoms with Gasteiger partial charge in [0.1, 0.15) is 0 Å². The summed E-state index contributed by atoms with van der Waals surface area (Å²) in [6, 6.07) is 3.14. The van der Waals surface area contributed by atoms with Crippen LogP contribution in [0.1, 0.15) is 19.3 Å². The summed E-state index contributed by atoms with van der Waals surface area (Å²) >= 11 is 9.19. The van der Waals surface area contributed by atoms with Crippen molar-refractivity contribution in [1.82, 2.24) is 4.31 Å². The smallest absolute Gasteiger partial charge is 0.244 e. The van der Waals surface area contributed by atoms with E-state index in [4.69, 9.17) is 17.3 Å². The third-order valence-electron chi connectivity index (χ3n) is 3.98. The fourth-order valence-corrected chi connectivity index (χ4v) is 6.07. The Kier molecular flexibility index (Phi) is 3.32. The van der Waals surface area contributed by atoms with E-state index in [2.05, 4.69) is 15.9 Å². The molecule has 1 saturated carbocycles. The molecule has 1 aliphatic heterocycles. The molecule has 2 N–H and O–H groups in total. The molecule has 4 nitrogen and oxygen atoms in total. The maximum absolute atomic E-state index is 12.7. The molecule has 1 heterocycles.